The van der Waals surface area contributed by atoms with Crippen LogP contribution in [0, 0.1) is 17.2 Å². The van der Waals surface area contributed by atoms with Gasteiger partial charge in [-0.3, -0.25) is 0 Å². The van der Waals surface area contributed by atoms with E-state index in [1.54, 1.807) is 0 Å². The third-order valence-corrected chi connectivity index (χ3v) is 2.66. The Labute approximate surface area is 100 Å². The minimum absolute atomic E-state index is 0.218. The predicted octanol–water partition coefficient (Wildman–Crippen LogP) is 4.08. The largest absolute Gasteiger partial charge is 0.363 e. The number of allylic oxidation sites excluding steroid dienone is 2. The number of nitriles is 1. The molecule has 0 fully saturated rings. The second kappa shape index (κ2) is 9.42. The van der Waals surface area contributed by atoms with Gasteiger partial charge in [0.05, 0.1) is 6.07 Å². The van der Waals surface area contributed by atoms with Gasteiger partial charge in [-0.15, -0.1) is 0 Å². The van der Waals surface area contributed by atoms with Gasteiger partial charge in [-0.05, 0) is 45.4 Å². The molecule has 2 nitrogen and oxygen atoms in total. The van der Waals surface area contributed by atoms with Gasteiger partial charge in [-0.25, -0.2) is 0 Å². The highest BCUT2D eigenvalue weighted by molar-refractivity contribution is 4.92. The van der Waals surface area contributed by atoms with Crippen LogP contribution in [0.5, 0.6) is 0 Å². The van der Waals surface area contributed by atoms with Crippen LogP contribution in [0.3, 0.4) is 0 Å². The number of hydrogen-bond donors (Lipinski definition) is 0. The first kappa shape index (κ1) is 15.2. The molecule has 0 aliphatic heterocycles. The van der Waals surface area contributed by atoms with E-state index in [1.165, 1.54) is 12.0 Å². The third-order valence-electron chi connectivity index (χ3n) is 2.66. The first-order chi connectivity index (χ1) is 7.60. The lowest BCUT2D eigenvalue weighted by atomic mass is 10.0. The Hall–Kier alpha value is -0.810. The van der Waals surface area contributed by atoms with Gasteiger partial charge in [-0.2, -0.15) is 5.26 Å². The Kier molecular flexibility index (Phi) is 8.94. The van der Waals surface area contributed by atoms with Crippen LogP contribution in [0.25, 0.3) is 0 Å². The summed E-state index contributed by atoms with van der Waals surface area (Å²) in [6.45, 7) is 9.20. The summed E-state index contributed by atoms with van der Waals surface area (Å²) in [4.78, 5) is 0. The SMILES string of the molecule is CCC(C#N)OCCC(C)CCC=C(C)C. The van der Waals surface area contributed by atoms with Crippen molar-refractivity contribution in [2.75, 3.05) is 6.61 Å². The Bertz CT molecular complexity index is 236. The van der Waals surface area contributed by atoms with Gasteiger partial charge >= 0.3 is 0 Å². The molecule has 0 spiro atoms. The first-order valence-corrected chi connectivity index (χ1v) is 6.24. The number of ether oxygens (including phenoxy) is 1. The highest BCUT2D eigenvalue weighted by Crippen LogP contribution is 2.12. The molecular formula is C14H25NO. The summed E-state index contributed by atoms with van der Waals surface area (Å²) in [5, 5.41) is 8.71. The minimum Gasteiger partial charge on any atom is -0.363 e. The van der Waals surface area contributed by atoms with E-state index in [0.717, 1.165) is 19.3 Å². The lowest BCUT2D eigenvalue weighted by molar-refractivity contribution is 0.0775. The van der Waals surface area contributed by atoms with E-state index in [4.69, 9.17) is 10.00 Å². The molecule has 2 unspecified atom stereocenters. The van der Waals surface area contributed by atoms with E-state index in [2.05, 4.69) is 32.9 Å². The fraction of sp³-hybridized carbons (Fsp3) is 0.786. The molecule has 0 amide bonds. The molecule has 0 radical (unpaired) electrons. The first-order valence-electron chi connectivity index (χ1n) is 6.24. The van der Waals surface area contributed by atoms with Crippen molar-refractivity contribution in [3.8, 4) is 6.07 Å². The van der Waals surface area contributed by atoms with Gasteiger partial charge in [0.15, 0.2) is 0 Å². The lowest BCUT2D eigenvalue weighted by Gasteiger charge is -2.12. The zero-order valence-corrected chi connectivity index (χ0v) is 11.1. The molecule has 2 atom stereocenters. The van der Waals surface area contributed by atoms with Gasteiger partial charge in [-0.1, -0.05) is 25.5 Å². The van der Waals surface area contributed by atoms with Crippen molar-refractivity contribution in [3.63, 3.8) is 0 Å². The van der Waals surface area contributed by atoms with Gasteiger partial charge in [0, 0.05) is 6.61 Å². The van der Waals surface area contributed by atoms with Crippen molar-refractivity contribution in [3.05, 3.63) is 11.6 Å². The van der Waals surface area contributed by atoms with Crippen molar-refractivity contribution >= 4 is 0 Å². The van der Waals surface area contributed by atoms with E-state index in [-0.39, 0.29) is 6.10 Å². The molecule has 0 saturated carbocycles. The molecule has 0 rings (SSSR count). The molecule has 0 bridgehead atoms. The maximum absolute atomic E-state index is 8.71. The second-order valence-electron chi connectivity index (χ2n) is 4.65. The number of nitrogens with zero attached hydrogens (tertiary/aromatic N) is 1. The molecule has 0 N–H and O–H groups in total. The van der Waals surface area contributed by atoms with E-state index in [9.17, 15) is 0 Å². The Morgan fingerprint density at radius 1 is 1.38 bits per heavy atom. The summed E-state index contributed by atoms with van der Waals surface area (Å²) in [6, 6.07) is 2.15. The summed E-state index contributed by atoms with van der Waals surface area (Å²) < 4.78 is 5.46. The van der Waals surface area contributed by atoms with Gasteiger partial charge < -0.3 is 4.74 Å². The van der Waals surface area contributed by atoms with E-state index < -0.39 is 0 Å². The molecule has 0 heterocycles. The van der Waals surface area contributed by atoms with Gasteiger partial charge in [0.2, 0.25) is 0 Å². The summed E-state index contributed by atoms with van der Waals surface area (Å²) >= 11 is 0. The average molecular weight is 223 g/mol. The van der Waals surface area contributed by atoms with E-state index in [0.29, 0.717) is 12.5 Å². The fourth-order valence-electron chi connectivity index (χ4n) is 1.46. The highest BCUT2D eigenvalue weighted by Gasteiger charge is 2.06. The smallest absolute Gasteiger partial charge is 0.143 e. The van der Waals surface area contributed by atoms with Gasteiger partial charge in [0.1, 0.15) is 6.10 Å². The molecule has 0 saturated heterocycles. The van der Waals surface area contributed by atoms with Crippen molar-refractivity contribution < 1.29 is 4.74 Å². The van der Waals surface area contributed by atoms with Crippen LogP contribution in [0.4, 0.5) is 0 Å². The van der Waals surface area contributed by atoms with Crippen LogP contribution >= 0.6 is 0 Å². The zero-order chi connectivity index (χ0) is 12.4. The molecule has 0 aliphatic carbocycles. The fourth-order valence-corrected chi connectivity index (χ4v) is 1.46. The zero-order valence-electron chi connectivity index (χ0n) is 11.1. The Balaban J connectivity index is 3.55. The quantitative estimate of drug-likeness (QED) is 0.581. The number of rotatable bonds is 8. The highest BCUT2D eigenvalue weighted by atomic mass is 16.5. The van der Waals surface area contributed by atoms with Crippen LogP contribution < -0.4 is 0 Å². The molecule has 92 valence electrons. The van der Waals surface area contributed by atoms with Crippen LogP contribution in [-0.2, 0) is 4.74 Å². The summed E-state index contributed by atoms with van der Waals surface area (Å²) in [5.74, 6) is 0.673. The summed E-state index contributed by atoms with van der Waals surface area (Å²) in [6.07, 6.45) is 6.25. The Morgan fingerprint density at radius 3 is 2.56 bits per heavy atom. The lowest BCUT2D eigenvalue weighted by Crippen LogP contribution is -2.11. The normalized spacial score (nSPS) is 13.9. The molecule has 0 aromatic rings. The molecular weight excluding hydrogens is 198 g/mol. The van der Waals surface area contributed by atoms with Crippen LogP contribution in [0.15, 0.2) is 11.6 Å². The third kappa shape index (κ3) is 8.49. The summed E-state index contributed by atoms with van der Waals surface area (Å²) in [5.41, 5.74) is 1.39. The summed E-state index contributed by atoms with van der Waals surface area (Å²) in [7, 11) is 0. The number of hydrogen-bond acceptors (Lipinski definition) is 2. The van der Waals surface area contributed by atoms with E-state index in [1.807, 2.05) is 6.92 Å². The second-order valence-corrected chi connectivity index (χ2v) is 4.65. The Morgan fingerprint density at radius 2 is 2.06 bits per heavy atom. The van der Waals surface area contributed by atoms with Crippen molar-refractivity contribution in [2.45, 2.75) is 59.5 Å². The molecule has 0 aliphatic rings. The van der Waals surface area contributed by atoms with Crippen molar-refractivity contribution in [2.24, 2.45) is 5.92 Å². The van der Waals surface area contributed by atoms with Crippen molar-refractivity contribution in [1.82, 2.24) is 0 Å². The average Bonchev–Trinajstić information content (AvgIpc) is 2.24. The van der Waals surface area contributed by atoms with Gasteiger partial charge in [0.25, 0.3) is 0 Å². The van der Waals surface area contributed by atoms with Crippen LogP contribution in [0.2, 0.25) is 0 Å². The maximum Gasteiger partial charge on any atom is 0.143 e. The topological polar surface area (TPSA) is 33.0 Å². The molecule has 16 heavy (non-hydrogen) atoms. The minimum atomic E-state index is -0.218. The van der Waals surface area contributed by atoms with E-state index >= 15 is 0 Å². The van der Waals surface area contributed by atoms with Crippen LogP contribution in [-0.4, -0.2) is 12.7 Å². The van der Waals surface area contributed by atoms with Crippen LogP contribution in [0.1, 0.15) is 53.4 Å². The molecule has 0 aromatic carbocycles. The molecule has 2 heteroatoms. The standard InChI is InChI=1S/C14H25NO/c1-5-14(11-15)16-10-9-13(4)8-6-7-12(2)3/h7,13-14H,5-6,8-10H2,1-4H3. The molecule has 0 aromatic heterocycles. The maximum atomic E-state index is 8.71. The monoisotopic (exact) mass is 223 g/mol. The predicted molar refractivity (Wildman–Crippen MR) is 68.1 cm³/mol. The van der Waals surface area contributed by atoms with Crippen molar-refractivity contribution in [1.29, 1.82) is 5.26 Å².